The number of carbonyl (C=O) groups is 1. The number of rotatable bonds is 2. The fraction of sp³-hybridized carbons (Fsp3) is 0.438. The summed E-state index contributed by atoms with van der Waals surface area (Å²) < 4.78 is 13.3. The van der Waals surface area contributed by atoms with Crippen molar-refractivity contribution in [3.8, 4) is 11.8 Å². The molecule has 2 rings (SSSR count). The monoisotopic (exact) mass is 291 g/mol. The summed E-state index contributed by atoms with van der Waals surface area (Å²) in [6.45, 7) is -0.320. The number of carbonyl (C=O) groups excluding carboxylic acids is 1. The van der Waals surface area contributed by atoms with Crippen LogP contribution < -0.4 is 5.32 Å². The first-order valence-corrected chi connectivity index (χ1v) is 6.98. The van der Waals surface area contributed by atoms with Gasteiger partial charge in [-0.1, -0.05) is 11.8 Å². The van der Waals surface area contributed by atoms with E-state index in [1.54, 1.807) is 0 Å². The van der Waals surface area contributed by atoms with Crippen LogP contribution in [0.4, 0.5) is 4.39 Å². The van der Waals surface area contributed by atoms with Gasteiger partial charge in [0.2, 0.25) is 0 Å². The van der Waals surface area contributed by atoms with E-state index in [2.05, 4.69) is 17.2 Å². The van der Waals surface area contributed by atoms with E-state index < -0.39 is 5.82 Å². The summed E-state index contributed by atoms with van der Waals surface area (Å²) in [5.41, 5.74) is 0.556. The average Bonchev–Trinajstić information content (AvgIpc) is 2.48. The van der Waals surface area contributed by atoms with Gasteiger partial charge < -0.3 is 15.5 Å². The Hall–Kier alpha value is -1.90. The van der Waals surface area contributed by atoms with E-state index in [0.29, 0.717) is 31.2 Å². The van der Waals surface area contributed by atoms with E-state index in [1.165, 1.54) is 12.1 Å². The van der Waals surface area contributed by atoms with Gasteiger partial charge in [0, 0.05) is 11.6 Å². The topological polar surface area (TPSA) is 69.6 Å². The highest BCUT2D eigenvalue weighted by Crippen LogP contribution is 2.19. The maximum Gasteiger partial charge on any atom is 0.252 e. The second-order valence-electron chi connectivity index (χ2n) is 5.13. The predicted molar refractivity (Wildman–Crippen MR) is 76.1 cm³/mol. The third-order valence-electron chi connectivity index (χ3n) is 3.56. The molecule has 0 heterocycles. The van der Waals surface area contributed by atoms with Crippen molar-refractivity contribution in [2.24, 2.45) is 0 Å². The molecule has 1 aliphatic rings. The Bertz CT molecular complexity index is 569. The third-order valence-corrected chi connectivity index (χ3v) is 3.56. The molecule has 0 aromatic heterocycles. The molecule has 0 atom stereocenters. The molecule has 1 aromatic carbocycles. The van der Waals surface area contributed by atoms with Gasteiger partial charge in [0.25, 0.3) is 5.91 Å². The SMILES string of the molecule is O=C(NC1CCC(O)CC1)c1cc(F)ccc1C#CCO. The molecule has 0 spiro atoms. The van der Waals surface area contributed by atoms with Gasteiger partial charge in [-0.15, -0.1) is 0 Å². The number of aliphatic hydroxyl groups is 2. The van der Waals surface area contributed by atoms with Crippen LogP contribution in [0.5, 0.6) is 0 Å². The average molecular weight is 291 g/mol. The normalized spacial score (nSPS) is 21.3. The summed E-state index contributed by atoms with van der Waals surface area (Å²) in [5.74, 6) is 4.22. The van der Waals surface area contributed by atoms with Crippen molar-refractivity contribution < 1.29 is 19.4 Å². The van der Waals surface area contributed by atoms with Crippen LogP contribution in [0.2, 0.25) is 0 Å². The van der Waals surface area contributed by atoms with Crippen LogP contribution in [0.25, 0.3) is 0 Å². The smallest absolute Gasteiger partial charge is 0.252 e. The molecule has 1 saturated carbocycles. The van der Waals surface area contributed by atoms with Gasteiger partial charge in [0.15, 0.2) is 0 Å². The summed E-state index contributed by atoms with van der Waals surface area (Å²) in [5, 5.41) is 21.0. The summed E-state index contributed by atoms with van der Waals surface area (Å²) in [6.07, 6.45) is 2.44. The molecule has 4 nitrogen and oxygen atoms in total. The van der Waals surface area contributed by atoms with Gasteiger partial charge in [-0.05, 0) is 43.9 Å². The van der Waals surface area contributed by atoms with E-state index in [4.69, 9.17) is 5.11 Å². The molecule has 21 heavy (non-hydrogen) atoms. The molecule has 0 unspecified atom stereocenters. The van der Waals surface area contributed by atoms with Gasteiger partial charge in [0.05, 0.1) is 11.7 Å². The van der Waals surface area contributed by atoms with E-state index in [0.717, 1.165) is 6.07 Å². The highest BCUT2D eigenvalue weighted by molar-refractivity contribution is 5.97. The first kappa shape index (κ1) is 15.5. The number of nitrogens with one attached hydrogen (secondary N) is 1. The van der Waals surface area contributed by atoms with Crippen molar-refractivity contribution in [3.63, 3.8) is 0 Å². The first-order valence-electron chi connectivity index (χ1n) is 6.98. The Morgan fingerprint density at radius 3 is 2.71 bits per heavy atom. The zero-order valence-electron chi connectivity index (χ0n) is 11.6. The van der Waals surface area contributed by atoms with Crippen molar-refractivity contribution in [3.05, 3.63) is 35.1 Å². The lowest BCUT2D eigenvalue weighted by atomic mass is 9.93. The molecular weight excluding hydrogens is 273 g/mol. The van der Waals surface area contributed by atoms with E-state index in [1.807, 2.05) is 0 Å². The second kappa shape index (κ2) is 7.21. The molecule has 112 valence electrons. The van der Waals surface area contributed by atoms with E-state index in [-0.39, 0.29) is 30.2 Å². The number of hydrogen-bond donors (Lipinski definition) is 3. The maximum atomic E-state index is 13.3. The van der Waals surface area contributed by atoms with Crippen molar-refractivity contribution in [2.45, 2.75) is 37.8 Å². The molecule has 0 saturated heterocycles. The molecule has 3 N–H and O–H groups in total. The number of amides is 1. The lowest BCUT2D eigenvalue weighted by Gasteiger charge is -2.26. The fourth-order valence-electron chi connectivity index (χ4n) is 2.43. The highest BCUT2D eigenvalue weighted by atomic mass is 19.1. The van der Waals surface area contributed by atoms with Crippen molar-refractivity contribution >= 4 is 5.91 Å². The fourth-order valence-corrected chi connectivity index (χ4v) is 2.43. The summed E-state index contributed by atoms with van der Waals surface area (Å²) >= 11 is 0. The Morgan fingerprint density at radius 1 is 1.33 bits per heavy atom. The Morgan fingerprint density at radius 2 is 2.05 bits per heavy atom. The Kier molecular flexibility index (Phi) is 5.32. The van der Waals surface area contributed by atoms with Gasteiger partial charge in [-0.2, -0.15) is 0 Å². The molecule has 5 heteroatoms. The van der Waals surface area contributed by atoms with E-state index >= 15 is 0 Å². The second-order valence-corrected chi connectivity index (χ2v) is 5.13. The van der Waals surface area contributed by atoms with Crippen LogP contribution in [0.15, 0.2) is 18.2 Å². The number of aliphatic hydroxyl groups excluding tert-OH is 2. The van der Waals surface area contributed by atoms with Crippen LogP contribution in [0, 0.1) is 17.7 Å². The molecule has 0 bridgehead atoms. The molecule has 1 aliphatic carbocycles. The van der Waals surface area contributed by atoms with E-state index in [9.17, 15) is 14.3 Å². The lowest BCUT2D eigenvalue weighted by Crippen LogP contribution is -2.38. The van der Waals surface area contributed by atoms with Gasteiger partial charge >= 0.3 is 0 Å². The number of hydrogen-bond acceptors (Lipinski definition) is 3. The maximum absolute atomic E-state index is 13.3. The quantitative estimate of drug-likeness (QED) is 0.717. The van der Waals surface area contributed by atoms with Crippen LogP contribution in [-0.4, -0.2) is 34.9 Å². The van der Waals surface area contributed by atoms with Crippen LogP contribution in [-0.2, 0) is 0 Å². The molecule has 1 amide bonds. The molecule has 1 aromatic rings. The zero-order chi connectivity index (χ0) is 15.2. The van der Waals surface area contributed by atoms with Crippen LogP contribution >= 0.6 is 0 Å². The zero-order valence-corrected chi connectivity index (χ0v) is 11.6. The molecule has 0 radical (unpaired) electrons. The standard InChI is InChI=1S/C16H18FNO3/c17-12-4-3-11(2-1-9-19)15(10-12)16(21)18-13-5-7-14(20)8-6-13/h3-4,10,13-14,19-20H,5-9H2,(H,18,21). The first-order chi connectivity index (χ1) is 10.1. The highest BCUT2D eigenvalue weighted by Gasteiger charge is 2.22. The molecule has 0 aliphatic heterocycles. The molecule has 1 fully saturated rings. The minimum atomic E-state index is -0.506. The van der Waals surface area contributed by atoms with Crippen LogP contribution in [0.1, 0.15) is 41.6 Å². The van der Waals surface area contributed by atoms with Gasteiger partial charge in [0.1, 0.15) is 12.4 Å². The summed E-state index contributed by atoms with van der Waals surface area (Å²) in [7, 11) is 0. The Labute approximate surface area is 123 Å². The number of halogens is 1. The van der Waals surface area contributed by atoms with Gasteiger partial charge in [-0.25, -0.2) is 4.39 Å². The third kappa shape index (κ3) is 4.28. The summed E-state index contributed by atoms with van der Waals surface area (Å²) in [4.78, 5) is 12.3. The van der Waals surface area contributed by atoms with Crippen molar-refractivity contribution in [2.75, 3.05) is 6.61 Å². The minimum absolute atomic E-state index is 0.0113. The van der Waals surface area contributed by atoms with Gasteiger partial charge in [-0.3, -0.25) is 4.79 Å². The lowest BCUT2D eigenvalue weighted by molar-refractivity contribution is 0.0867. The minimum Gasteiger partial charge on any atom is -0.393 e. The van der Waals surface area contributed by atoms with Crippen LogP contribution in [0.3, 0.4) is 0 Å². The Balaban J connectivity index is 2.12. The molecular formula is C16H18FNO3. The van der Waals surface area contributed by atoms with Crippen molar-refractivity contribution in [1.82, 2.24) is 5.32 Å². The number of benzene rings is 1. The summed E-state index contributed by atoms with van der Waals surface area (Å²) in [6, 6.07) is 3.80. The largest absolute Gasteiger partial charge is 0.393 e. The predicted octanol–water partition coefficient (Wildman–Crippen LogP) is 1.20. The van der Waals surface area contributed by atoms with Crippen molar-refractivity contribution in [1.29, 1.82) is 0 Å².